The molecule has 0 bridgehead atoms. The van der Waals surface area contributed by atoms with Gasteiger partial charge in [-0.3, -0.25) is 10.1 Å². The second-order valence-corrected chi connectivity index (χ2v) is 6.49. The van der Waals surface area contributed by atoms with Crippen LogP contribution >= 0.6 is 0 Å². The Labute approximate surface area is 151 Å². The average molecular weight is 364 g/mol. The molecule has 0 aromatic heterocycles. The van der Waals surface area contributed by atoms with Gasteiger partial charge in [0.25, 0.3) is 0 Å². The molecule has 0 spiro atoms. The maximum atomic E-state index is 12.9. The Kier molecular flexibility index (Phi) is 6.08. The topological polar surface area (TPSA) is 41.1 Å². The van der Waals surface area contributed by atoms with Gasteiger partial charge >= 0.3 is 6.18 Å². The smallest absolute Gasteiger partial charge is 0.324 e. The number of amides is 1. The van der Waals surface area contributed by atoms with E-state index in [0.29, 0.717) is 5.56 Å². The molecule has 1 amide bonds. The van der Waals surface area contributed by atoms with Crippen LogP contribution in [0.15, 0.2) is 42.5 Å². The van der Waals surface area contributed by atoms with E-state index in [1.54, 1.807) is 19.9 Å². The van der Waals surface area contributed by atoms with Crippen LogP contribution in [0.1, 0.15) is 42.1 Å². The van der Waals surface area contributed by atoms with Gasteiger partial charge in [-0.25, -0.2) is 0 Å². The zero-order valence-electron chi connectivity index (χ0n) is 15.2. The molecule has 140 valence electrons. The minimum atomic E-state index is -4.39. The number of benzene rings is 2. The maximum Gasteiger partial charge on any atom is 0.416 e. The molecule has 2 rings (SSSR count). The van der Waals surface area contributed by atoms with Gasteiger partial charge < -0.3 is 5.32 Å². The highest BCUT2D eigenvalue weighted by Gasteiger charge is 2.30. The molecule has 0 fully saturated rings. The lowest BCUT2D eigenvalue weighted by atomic mass is 10.0. The Bertz CT molecular complexity index is 767. The molecule has 2 aromatic carbocycles. The Balaban J connectivity index is 2.07. The molecule has 0 saturated heterocycles. The summed E-state index contributed by atoms with van der Waals surface area (Å²) in [6, 6.07) is 9.88. The van der Waals surface area contributed by atoms with Gasteiger partial charge in [0, 0.05) is 11.7 Å². The molecule has 0 aliphatic rings. The van der Waals surface area contributed by atoms with Gasteiger partial charge in [-0.2, -0.15) is 13.2 Å². The monoisotopic (exact) mass is 364 g/mol. The van der Waals surface area contributed by atoms with Gasteiger partial charge in [-0.1, -0.05) is 30.3 Å². The number of para-hydroxylation sites is 1. The van der Waals surface area contributed by atoms with Gasteiger partial charge in [0.05, 0.1) is 11.6 Å². The Hall–Kier alpha value is -2.34. The van der Waals surface area contributed by atoms with Crippen LogP contribution in [0.3, 0.4) is 0 Å². The van der Waals surface area contributed by atoms with Crippen molar-refractivity contribution in [2.24, 2.45) is 0 Å². The van der Waals surface area contributed by atoms with E-state index in [1.807, 2.05) is 32.0 Å². The summed E-state index contributed by atoms with van der Waals surface area (Å²) in [5.74, 6) is -0.235. The van der Waals surface area contributed by atoms with Crippen LogP contribution in [-0.4, -0.2) is 11.9 Å². The minimum Gasteiger partial charge on any atom is -0.324 e. The van der Waals surface area contributed by atoms with E-state index < -0.39 is 23.8 Å². The number of alkyl halides is 3. The third-order valence-electron chi connectivity index (χ3n) is 4.34. The SMILES string of the molecule is Cc1cccc(C)c1NC(=O)[C@@H](C)N[C@H](C)c1cccc(C(F)(F)F)c1. The lowest BCUT2D eigenvalue weighted by molar-refractivity contribution is -0.137. The van der Waals surface area contributed by atoms with Crippen LogP contribution in [0.5, 0.6) is 0 Å². The lowest BCUT2D eigenvalue weighted by Gasteiger charge is -2.21. The van der Waals surface area contributed by atoms with Crippen molar-refractivity contribution >= 4 is 11.6 Å². The highest BCUT2D eigenvalue weighted by molar-refractivity contribution is 5.95. The fourth-order valence-electron chi connectivity index (χ4n) is 2.77. The third kappa shape index (κ3) is 4.85. The first-order valence-electron chi connectivity index (χ1n) is 8.40. The number of carbonyl (C=O) groups is 1. The highest BCUT2D eigenvalue weighted by Crippen LogP contribution is 2.30. The first-order valence-corrected chi connectivity index (χ1v) is 8.40. The molecular weight excluding hydrogens is 341 g/mol. The van der Waals surface area contributed by atoms with E-state index in [4.69, 9.17) is 0 Å². The van der Waals surface area contributed by atoms with Gasteiger partial charge in [0.15, 0.2) is 0 Å². The number of aryl methyl sites for hydroxylation is 2. The van der Waals surface area contributed by atoms with E-state index in [-0.39, 0.29) is 5.91 Å². The molecule has 26 heavy (non-hydrogen) atoms. The number of rotatable bonds is 5. The van der Waals surface area contributed by atoms with Crippen molar-refractivity contribution in [2.75, 3.05) is 5.32 Å². The van der Waals surface area contributed by atoms with Crippen LogP contribution in [-0.2, 0) is 11.0 Å². The molecule has 6 heteroatoms. The van der Waals surface area contributed by atoms with E-state index in [9.17, 15) is 18.0 Å². The van der Waals surface area contributed by atoms with Crippen molar-refractivity contribution in [3.63, 3.8) is 0 Å². The summed E-state index contributed by atoms with van der Waals surface area (Å²) >= 11 is 0. The van der Waals surface area contributed by atoms with Gasteiger partial charge in [-0.15, -0.1) is 0 Å². The van der Waals surface area contributed by atoms with Gasteiger partial charge in [-0.05, 0) is 56.5 Å². The van der Waals surface area contributed by atoms with Gasteiger partial charge in [0.2, 0.25) is 5.91 Å². The molecule has 0 heterocycles. The summed E-state index contributed by atoms with van der Waals surface area (Å²) in [7, 11) is 0. The number of anilines is 1. The van der Waals surface area contributed by atoms with Gasteiger partial charge in [0.1, 0.15) is 0 Å². The number of hydrogen-bond donors (Lipinski definition) is 2. The van der Waals surface area contributed by atoms with Crippen molar-refractivity contribution in [1.82, 2.24) is 5.32 Å². The van der Waals surface area contributed by atoms with E-state index >= 15 is 0 Å². The first kappa shape index (κ1) is 20.0. The Morgan fingerprint density at radius 3 is 2.15 bits per heavy atom. The van der Waals surface area contributed by atoms with Crippen LogP contribution in [0.4, 0.5) is 18.9 Å². The molecule has 3 nitrogen and oxygen atoms in total. The predicted molar refractivity (Wildman–Crippen MR) is 97.0 cm³/mol. The van der Waals surface area contributed by atoms with E-state index in [1.165, 1.54) is 6.07 Å². The van der Waals surface area contributed by atoms with Crippen LogP contribution in [0, 0.1) is 13.8 Å². The van der Waals surface area contributed by atoms with Crippen LogP contribution in [0.2, 0.25) is 0 Å². The second-order valence-electron chi connectivity index (χ2n) is 6.49. The fraction of sp³-hybridized carbons (Fsp3) is 0.350. The molecule has 0 radical (unpaired) electrons. The van der Waals surface area contributed by atoms with Crippen LogP contribution < -0.4 is 10.6 Å². The van der Waals surface area contributed by atoms with Crippen LogP contribution in [0.25, 0.3) is 0 Å². The fourth-order valence-corrected chi connectivity index (χ4v) is 2.77. The Morgan fingerprint density at radius 1 is 1.00 bits per heavy atom. The maximum absolute atomic E-state index is 12.9. The van der Waals surface area contributed by atoms with Crippen molar-refractivity contribution in [3.05, 3.63) is 64.7 Å². The molecule has 2 aromatic rings. The first-order chi connectivity index (χ1) is 12.1. The predicted octanol–water partition coefficient (Wildman–Crippen LogP) is 5.00. The summed E-state index contributed by atoms with van der Waals surface area (Å²) in [6.45, 7) is 7.24. The standard InChI is InChI=1S/C20H23F3N2O/c1-12-7-5-8-13(2)18(12)25-19(26)15(4)24-14(3)16-9-6-10-17(11-16)20(21,22)23/h5-11,14-15,24H,1-4H3,(H,25,26)/t14-,15-/m1/s1. The zero-order chi connectivity index (χ0) is 19.5. The molecule has 0 aliphatic carbocycles. The van der Waals surface area contributed by atoms with Crippen molar-refractivity contribution < 1.29 is 18.0 Å². The van der Waals surface area contributed by atoms with Crippen molar-refractivity contribution in [3.8, 4) is 0 Å². The molecule has 0 unspecified atom stereocenters. The number of carbonyl (C=O) groups excluding carboxylic acids is 1. The minimum absolute atomic E-state index is 0.235. The summed E-state index contributed by atoms with van der Waals surface area (Å²) < 4.78 is 38.6. The summed E-state index contributed by atoms with van der Waals surface area (Å²) in [4.78, 5) is 12.5. The summed E-state index contributed by atoms with van der Waals surface area (Å²) in [5.41, 5.74) is 2.45. The Morgan fingerprint density at radius 2 is 1.58 bits per heavy atom. The van der Waals surface area contributed by atoms with E-state index in [0.717, 1.165) is 28.9 Å². The lowest BCUT2D eigenvalue weighted by Crippen LogP contribution is -2.39. The van der Waals surface area contributed by atoms with E-state index in [2.05, 4.69) is 10.6 Å². The summed E-state index contributed by atoms with van der Waals surface area (Å²) in [6.07, 6.45) is -4.39. The second kappa shape index (κ2) is 7.91. The van der Waals surface area contributed by atoms with Crippen molar-refractivity contribution in [2.45, 2.75) is 46.0 Å². The average Bonchev–Trinajstić information content (AvgIpc) is 2.57. The summed E-state index contributed by atoms with van der Waals surface area (Å²) in [5, 5.41) is 5.94. The zero-order valence-corrected chi connectivity index (χ0v) is 15.2. The highest BCUT2D eigenvalue weighted by atomic mass is 19.4. The normalized spacial score (nSPS) is 14.0. The quantitative estimate of drug-likeness (QED) is 0.784. The molecular formula is C20H23F3N2O. The number of nitrogens with one attached hydrogen (secondary N) is 2. The largest absolute Gasteiger partial charge is 0.416 e. The molecule has 0 saturated carbocycles. The molecule has 0 aliphatic heterocycles. The third-order valence-corrected chi connectivity index (χ3v) is 4.34. The number of halogens is 3. The van der Waals surface area contributed by atoms with Crippen molar-refractivity contribution in [1.29, 1.82) is 0 Å². The molecule has 2 atom stereocenters. The molecule has 2 N–H and O–H groups in total. The number of hydrogen-bond acceptors (Lipinski definition) is 2.